The minimum atomic E-state index is -0.845. The van der Waals surface area contributed by atoms with E-state index in [1.165, 1.54) is 0 Å². The van der Waals surface area contributed by atoms with Gasteiger partial charge >= 0.3 is 12.0 Å². The molecule has 2 aliphatic rings. The molecule has 20 heavy (non-hydrogen) atoms. The van der Waals surface area contributed by atoms with Gasteiger partial charge in [-0.1, -0.05) is 0 Å². The van der Waals surface area contributed by atoms with Crippen LogP contribution >= 0.6 is 11.8 Å². The zero-order valence-electron chi connectivity index (χ0n) is 11.9. The van der Waals surface area contributed by atoms with Crippen molar-refractivity contribution in [3.05, 3.63) is 0 Å². The molecule has 0 aromatic heterocycles. The summed E-state index contributed by atoms with van der Waals surface area (Å²) in [7, 11) is 0. The predicted octanol–water partition coefficient (Wildman–Crippen LogP) is 2.21. The minimum absolute atomic E-state index is 0.0251. The Balaban J connectivity index is 1.72. The van der Waals surface area contributed by atoms with E-state index in [9.17, 15) is 9.59 Å². The molecule has 0 heterocycles. The Morgan fingerprint density at radius 1 is 1.20 bits per heavy atom. The molecular weight excluding hydrogens is 276 g/mol. The molecule has 2 aliphatic carbocycles. The van der Waals surface area contributed by atoms with Crippen molar-refractivity contribution < 1.29 is 14.7 Å². The van der Waals surface area contributed by atoms with Gasteiger partial charge in [-0.15, -0.1) is 0 Å². The van der Waals surface area contributed by atoms with Crippen LogP contribution in [0.2, 0.25) is 0 Å². The monoisotopic (exact) mass is 300 g/mol. The molecule has 0 bridgehead atoms. The van der Waals surface area contributed by atoms with Crippen molar-refractivity contribution in [1.82, 2.24) is 10.6 Å². The van der Waals surface area contributed by atoms with Crippen LogP contribution in [0, 0.1) is 5.92 Å². The molecule has 5 nitrogen and oxygen atoms in total. The normalized spacial score (nSPS) is 27.6. The number of hydrogen-bond acceptors (Lipinski definition) is 3. The van der Waals surface area contributed by atoms with Gasteiger partial charge in [0.15, 0.2) is 0 Å². The van der Waals surface area contributed by atoms with Gasteiger partial charge in [-0.25, -0.2) is 4.79 Å². The van der Waals surface area contributed by atoms with E-state index in [1.807, 2.05) is 11.8 Å². The van der Waals surface area contributed by atoms with Gasteiger partial charge < -0.3 is 15.7 Å². The van der Waals surface area contributed by atoms with Crippen LogP contribution in [0.3, 0.4) is 0 Å². The van der Waals surface area contributed by atoms with E-state index >= 15 is 0 Å². The number of carbonyl (C=O) groups is 2. The standard InChI is InChI=1S/C14H24N2O3S/c1-20-11-6-4-10(5-7-11)15-14(19)16-12(8-13(17)18)9-2-3-9/h9-12H,2-8H2,1H3,(H,17,18)(H2,15,16,19). The summed E-state index contributed by atoms with van der Waals surface area (Å²) in [4.78, 5) is 22.8. The summed E-state index contributed by atoms with van der Waals surface area (Å²) in [6, 6.07) is -0.172. The summed E-state index contributed by atoms with van der Waals surface area (Å²) in [5.74, 6) is -0.494. The third-order valence-electron chi connectivity index (χ3n) is 4.24. The van der Waals surface area contributed by atoms with Crippen LogP contribution in [0.4, 0.5) is 4.79 Å². The maximum atomic E-state index is 12.0. The smallest absolute Gasteiger partial charge is 0.315 e. The molecule has 1 unspecified atom stereocenters. The van der Waals surface area contributed by atoms with Gasteiger partial charge in [0.1, 0.15) is 0 Å². The molecule has 0 spiro atoms. The first kappa shape index (κ1) is 15.5. The van der Waals surface area contributed by atoms with E-state index in [4.69, 9.17) is 5.11 Å². The Kier molecular flexibility index (Phi) is 5.57. The number of carboxylic acid groups (broad SMARTS) is 1. The first-order chi connectivity index (χ1) is 9.58. The Morgan fingerprint density at radius 3 is 2.35 bits per heavy atom. The molecule has 6 heteroatoms. The second-order valence-electron chi connectivity index (χ2n) is 5.87. The zero-order chi connectivity index (χ0) is 14.5. The van der Waals surface area contributed by atoms with Gasteiger partial charge in [0.2, 0.25) is 0 Å². The van der Waals surface area contributed by atoms with Crippen molar-refractivity contribution in [1.29, 1.82) is 0 Å². The van der Waals surface area contributed by atoms with Crippen LogP contribution in [0.5, 0.6) is 0 Å². The van der Waals surface area contributed by atoms with E-state index in [0.29, 0.717) is 5.92 Å². The largest absolute Gasteiger partial charge is 0.481 e. The highest BCUT2D eigenvalue weighted by Crippen LogP contribution is 2.34. The number of carbonyl (C=O) groups excluding carboxylic acids is 1. The fourth-order valence-electron chi connectivity index (χ4n) is 2.86. The minimum Gasteiger partial charge on any atom is -0.481 e. The number of hydrogen-bond donors (Lipinski definition) is 3. The van der Waals surface area contributed by atoms with E-state index in [2.05, 4.69) is 16.9 Å². The summed E-state index contributed by atoms with van der Waals surface area (Å²) >= 11 is 1.90. The Morgan fingerprint density at radius 2 is 1.85 bits per heavy atom. The van der Waals surface area contributed by atoms with Crippen LogP contribution in [0.1, 0.15) is 44.9 Å². The van der Waals surface area contributed by atoms with Gasteiger partial charge in [-0.3, -0.25) is 4.79 Å². The molecule has 3 N–H and O–H groups in total. The molecule has 2 saturated carbocycles. The maximum Gasteiger partial charge on any atom is 0.315 e. The highest BCUT2D eigenvalue weighted by atomic mass is 32.2. The molecular formula is C14H24N2O3S. The number of amides is 2. The third kappa shape index (κ3) is 4.89. The molecule has 0 aromatic rings. The van der Waals surface area contributed by atoms with E-state index < -0.39 is 5.97 Å². The highest BCUT2D eigenvalue weighted by Gasteiger charge is 2.34. The number of carboxylic acids is 1. The lowest BCUT2D eigenvalue weighted by molar-refractivity contribution is -0.137. The molecule has 0 aliphatic heterocycles. The number of thioether (sulfide) groups is 1. The molecule has 0 saturated heterocycles. The van der Waals surface area contributed by atoms with Crippen LogP contribution in [-0.2, 0) is 4.79 Å². The molecule has 1 atom stereocenters. The molecule has 0 radical (unpaired) electrons. The van der Waals surface area contributed by atoms with Crippen molar-refractivity contribution in [3.8, 4) is 0 Å². The second-order valence-corrected chi connectivity index (χ2v) is 7.01. The molecule has 2 fully saturated rings. The molecule has 2 amide bonds. The van der Waals surface area contributed by atoms with Crippen LogP contribution < -0.4 is 10.6 Å². The Labute approximate surface area is 124 Å². The van der Waals surface area contributed by atoms with E-state index in [-0.39, 0.29) is 24.5 Å². The van der Waals surface area contributed by atoms with Crippen molar-refractivity contribution in [2.75, 3.05) is 6.26 Å². The average molecular weight is 300 g/mol. The number of urea groups is 1. The summed E-state index contributed by atoms with van der Waals surface area (Å²) in [6.07, 6.45) is 8.54. The lowest BCUT2D eigenvalue weighted by Crippen LogP contribution is -2.48. The first-order valence-corrected chi connectivity index (χ1v) is 8.69. The number of nitrogens with one attached hydrogen (secondary N) is 2. The van der Waals surface area contributed by atoms with Crippen molar-refractivity contribution in [2.24, 2.45) is 5.92 Å². The van der Waals surface area contributed by atoms with Crippen LogP contribution in [0.25, 0.3) is 0 Å². The van der Waals surface area contributed by atoms with Gasteiger partial charge in [0.25, 0.3) is 0 Å². The van der Waals surface area contributed by atoms with E-state index in [1.54, 1.807) is 0 Å². The number of rotatable bonds is 6. The predicted molar refractivity (Wildman–Crippen MR) is 80.0 cm³/mol. The SMILES string of the molecule is CSC1CCC(NC(=O)NC(CC(=O)O)C2CC2)CC1. The summed E-state index contributed by atoms with van der Waals surface area (Å²) < 4.78 is 0. The molecule has 114 valence electrons. The third-order valence-corrected chi connectivity index (χ3v) is 5.38. The Bertz CT molecular complexity index is 352. The van der Waals surface area contributed by atoms with Gasteiger partial charge in [0, 0.05) is 17.3 Å². The lowest BCUT2D eigenvalue weighted by Gasteiger charge is -2.28. The van der Waals surface area contributed by atoms with Gasteiger partial charge in [-0.05, 0) is 50.7 Å². The molecule has 0 aromatic carbocycles. The zero-order valence-corrected chi connectivity index (χ0v) is 12.7. The quantitative estimate of drug-likeness (QED) is 0.703. The maximum absolute atomic E-state index is 12.0. The fourth-order valence-corrected chi connectivity index (χ4v) is 3.60. The molecule has 2 rings (SSSR count). The average Bonchev–Trinajstić information content (AvgIpc) is 3.22. The van der Waals surface area contributed by atoms with Gasteiger partial charge in [0.05, 0.1) is 6.42 Å². The van der Waals surface area contributed by atoms with Crippen molar-refractivity contribution in [2.45, 2.75) is 62.3 Å². The number of aliphatic carboxylic acids is 1. The first-order valence-electron chi connectivity index (χ1n) is 7.40. The van der Waals surface area contributed by atoms with Gasteiger partial charge in [-0.2, -0.15) is 11.8 Å². The summed E-state index contributed by atoms with van der Waals surface area (Å²) in [5, 5.41) is 15.4. The Hall–Kier alpha value is -0.910. The topological polar surface area (TPSA) is 78.4 Å². The fraction of sp³-hybridized carbons (Fsp3) is 0.857. The highest BCUT2D eigenvalue weighted by molar-refractivity contribution is 7.99. The van der Waals surface area contributed by atoms with Crippen LogP contribution in [0.15, 0.2) is 0 Å². The van der Waals surface area contributed by atoms with Crippen molar-refractivity contribution >= 4 is 23.8 Å². The summed E-state index contributed by atoms with van der Waals surface area (Å²) in [5.41, 5.74) is 0. The summed E-state index contributed by atoms with van der Waals surface area (Å²) in [6.45, 7) is 0. The second kappa shape index (κ2) is 7.20. The van der Waals surface area contributed by atoms with E-state index in [0.717, 1.165) is 43.8 Å². The lowest BCUT2D eigenvalue weighted by atomic mass is 9.95. The van der Waals surface area contributed by atoms with Crippen molar-refractivity contribution in [3.63, 3.8) is 0 Å². The van der Waals surface area contributed by atoms with Crippen LogP contribution in [-0.4, -0.2) is 40.7 Å².